The van der Waals surface area contributed by atoms with Gasteiger partial charge in [-0.15, -0.1) is 5.10 Å². The molecule has 12 heteroatoms. The highest BCUT2D eigenvalue weighted by molar-refractivity contribution is 6.01. The first-order valence-electron chi connectivity index (χ1n) is 13.5. The summed E-state index contributed by atoms with van der Waals surface area (Å²) >= 11 is 0. The summed E-state index contributed by atoms with van der Waals surface area (Å²) in [6.45, 7) is 0.652. The predicted molar refractivity (Wildman–Crippen MR) is 152 cm³/mol. The van der Waals surface area contributed by atoms with E-state index in [0.717, 1.165) is 12.8 Å². The second-order valence-corrected chi connectivity index (χ2v) is 9.72. The number of nitrogens with zero attached hydrogens (tertiary/aromatic N) is 4. The monoisotopic (exact) mass is 577 g/mol. The van der Waals surface area contributed by atoms with E-state index >= 15 is 0 Å². The number of rotatable bonds is 11. The molecule has 1 aromatic heterocycles. The minimum atomic E-state index is -1.21. The van der Waals surface area contributed by atoms with Crippen molar-refractivity contribution in [1.29, 1.82) is 0 Å². The first-order valence-corrected chi connectivity index (χ1v) is 13.5. The zero-order valence-electron chi connectivity index (χ0n) is 23.6. The van der Waals surface area contributed by atoms with Crippen LogP contribution in [-0.4, -0.2) is 67.4 Å². The molecule has 2 heterocycles. The lowest BCUT2D eigenvalue weighted by Gasteiger charge is -2.32. The van der Waals surface area contributed by atoms with Crippen LogP contribution in [0.25, 0.3) is 11.0 Å². The predicted octanol–water partition coefficient (Wildman–Crippen LogP) is 3.67. The van der Waals surface area contributed by atoms with Gasteiger partial charge in [-0.1, -0.05) is 17.3 Å². The molecule has 1 aliphatic heterocycles. The lowest BCUT2D eigenvalue weighted by molar-refractivity contribution is -0.127. The summed E-state index contributed by atoms with van der Waals surface area (Å²) in [5, 5.41) is 11.3. The molecule has 4 aromatic rings. The van der Waals surface area contributed by atoms with Gasteiger partial charge in [-0.05, 0) is 66.9 Å². The third-order valence-electron chi connectivity index (χ3n) is 7.12. The van der Waals surface area contributed by atoms with Gasteiger partial charge in [0.2, 0.25) is 17.6 Å². The van der Waals surface area contributed by atoms with E-state index in [1.54, 1.807) is 24.3 Å². The maximum Gasteiger partial charge on any atom is 0.249 e. The zero-order chi connectivity index (χ0) is 29.6. The van der Waals surface area contributed by atoms with Gasteiger partial charge in [0.25, 0.3) is 0 Å². The van der Waals surface area contributed by atoms with Crippen molar-refractivity contribution in [3.8, 4) is 17.2 Å². The number of amides is 2. The molecular weight excluding hydrogens is 545 g/mol. The van der Waals surface area contributed by atoms with Gasteiger partial charge < -0.3 is 24.3 Å². The van der Waals surface area contributed by atoms with Crippen LogP contribution < -0.4 is 24.4 Å². The minimum Gasteiger partial charge on any atom is -0.493 e. The van der Waals surface area contributed by atoms with E-state index in [1.807, 2.05) is 12.1 Å². The number of benzene rings is 3. The van der Waals surface area contributed by atoms with Crippen molar-refractivity contribution in [2.45, 2.75) is 31.5 Å². The van der Waals surface area contributed by atoms with Crippen molar-refractivity contribution in [3.63, 3.8) is 0 Å². The number of fused-ring (bicyclic) bond motifs is 1. The topological polar surface area (TPSA) is 117 Å². The minimum absolute atomic E-state index is 0.133. The first-order chi connectivity index (χ1) is 20.4. The van der Waals surface area contributed by atoms with Gasteiger partial charge >= 0.3 is 0 Å². The molecular formula is C30H32FN5O6. The second kappa shape index (κ2) is 12.9. The van der Waals surface area contributed by atoms with Gasteiger partial charge in [0.1, 0.15) is 23.9 Å². The molecule has 0 saturated carbocycles. The molecule has 2 atom stereocenters. The lowest BCUT2D eigenvalue weighted by atomic mass is 10.0. The van der Waals surface area contributed by atoms with Crippen molar-refractivity contribution in [3.05, 3.63) is 72.0 Å². The SMILES string of the molecule is COc1cc([C@H](C(=O)NC[C@H]2CCCO2)N(C(=O)Cn2nnc3ccccc32)c2ccc(F)cc2)cc(OC)c1OC. The number of methoxy groups -OCH3 is 3. The smallest absolute Gasteiger partial charge is 0.249 e. The van der Waals surface area contributed by atoms with Crippen molar-refractivity contribution in [1.82, 2.24) is 20.3 Å². The number of nitrogens with one attached hydrogen (secondary N) is 1. The van der Waals surface area contributed by atoms with E-state index in [0.29, 0.717) is 46.1 Å². The molecule has 1 aliphatic rings. The van der Waals surface area contributed by atoms with Crippen LogP contribution in [0.15, 0.2) is 60.7 Å². The normalized spacial score (nSPS) is 15.3. The Morgan fingerprint density at radius 2 is 1.79 bits per heavy atom. The highest BCUT2D eigenvalue weighted by Crippen LogP contribution is 2.41. The van der Waals surface area contributed by atoms with E-state index in [4.69, 9.17) is 18.9 Å². The van der Waals surface area contributed by atoms with E-state index in [-0.39, 0.29) is 19.2 Å². The first kappa shape index (κ1) is 28.8. The standard InChI is InChI=1S/C30H32FN5O6/c1-39-25-15-19(16-26(40-2)29(25)41-3)28(30(38)32-17-22-7-6-14-42-22)36(21-12-10-20(31)11-13-21)27(37)18-35-24-9-5-4-8-23(24)33-34-35/h4-5,8-13,15-16,22,28H,6-7,14,17-18H2,1-3H3,(H,32,38)/t22-,28-/m1/s1. The van der Waals surface area contributed by atoms with Crippen LogP contribution in [0, 0.1) is 5.82 Å². The summed E-state index contributed by atoms with van der Waals surface area (Å²) in [6, 6.07) is 14.6. The van der Waals surface area contributed by atoms with E-state index < -0.39 is 23.7 Å². The van der Waals surface area contributed by atoms with Crippen LogP contribution in [0.3, 0.4) is 0 Å². The largest absolute Gasteiger partial charge is 0.493 e. The lowest BCUT2D eigenvalue weighted by Crippen LogP contribution is -2.46. The summed E-state index contributed by atoms with van der Waals surface area (Å²) in [5.74, 6) is -0.504. The van der Waals surface area contributed by atoms with Crippen molar-refractivity contribution in [2.24, 2.45) is 0 Å². The third kappa shape index (κ3) is 5.98. The molecule has 5 rings (SSSR count). The van der Waals surface area contributed by atoms with Crippen molar-refractivity contribution < 1.29 is 32.9 Å². The Balaban J connectivity index is 1.61. The average molecular weight is 578 g/mol. The highest BCUT2D eigenvalue weighted by atomic mass is 19.1. The molecule has 0 unspecified atom stereocenters. The average Bonchev–Trinajstić information content (AvgIpc) is 3.69. The highest BCUT2D eigenvalue weighted by Gasteiger charge is 2.35. The maximum atomic E-state index is 14.2. The summed E-state index contributed by atoms with van der Waals surface area (Å²) in [4.78, 5) is 29.6. The molecule has 220 valence electrons. The molecule has 0 bridgehead atoms. The van der Waals surface area contributed by atoms with Crippen molar-refractivity contribution >= 4 is 28.5 Å². The molecule has 11 nitrogen and oxygen atoms in total. The number of para-hydroxylation sites is 1. The summed E-state index contributed by atoms with van der Waals surface area (Å²) in [7, 11) is 4.40. The molecule has 1 fully saturated rings. The maximum absolute atomic E-state index is 14.2. The molecule has 0 radical (unpaired) electrons. The van der Waals surface area contributed by atoms with E-state index in [9.17, 15) is 14.0 Å². The number of hydrogen-bond acceptors (Lipinski definition) is 8. The molecule has 1 saturated heterocycles. The quantitative estimate of drug-likeness (QED) is 0.287. The Bertz CT molecular complexity index is 1530. The Morgan fingerprint density at radius 1 is 1.07 bits per heavy atom. The van der Waals surface area contributed by atoms with E-state index in [1.165, 1.54) is 55.2 Å². The van der Waals surface area contributed by atoms with Crippen LogP contribution in [0.5, 0.6) is 17.2 Å². The van der Waals surface area contributed by atoms with Gasteiger partial charge in [0, 0.05) is 18.8 Å². The summed E-state index contributed by atoms with van der Waals surface area (Å²) < 4.78 is 37.8. The number of carbonyl (C=O) groups is 2. The van der Waals surface area contributed by atoms with Gasteiger partial charge in [-0.25, -0.2) is 9.07 Å². The van der Waals surface area contributed by atoms with Crippen LogP contribution in [0.2, 0.25) is 0 Å². The number of halogens is 1. The van der Waals surface area contributed by atoms with Gasteiger partial charge in [0.05, 0.1) is 33.0 Å². The molecule has 0 aliphatic carbocycles. The number of aromatic nitrogens is 3. The molecule has 0 spiro atoms. The summed E-state index contributed by atoms with van der Waals surface area (Å²) in [5.41, 5.74) is 1.96. The Morgan fingerprint density at radius 3 is 2.43 bits per heavy atom. The van der Waals surface area contributed by atoms with Crippen LogP contribution in [0.1, 0.15) is 24.4 Å². The molecule has 3 aromatic carbocycles. The fraction of sp³-hybridized carbons (Fsp3) is 0.333. The molecule has 2 amide bonds. The Kier molecular flexibility index (Phi) is 8.82. The summed E-state index contributed by atoms with van der Waals surface area (Å²) in [6.07, 6.45) is 1.59. The van der Waals surface area contributed by atoms with Gasteiger partial charge in [0.15, 0.2) is 11.5 Å². The second-order valence-electron chi connectivity index (χ2n) is 9.72. The number of carbonyl (C=O) groups excluding carboxylic acids is 2. The number of anilines is 1. The Labute approximate surface area is 242 Å². The number of hydrogen-bond donors (Lipinski definition) is 1. The zero-order valence-corrected chi connectivity index (χ0v) is 23.6. The molecule has 42 heavy (non-hydrogen) atoms. The molecule has 1 N–H and O–H groups in total. The van der Waals surface area contributed by atoms with Crippen LogP contribution >= 0.6 is 0 Å². The fourth-order valence-corrected chi connectivity index (χ4v) is 5.07. The van der Waals surface area contributed by atoms with Gasteiger partial charge in [-0.3, -0.25) is 14.5 Å². The van der Waals surface area contributed by atoms with Crippen molar-refractivity contribution in [2.75, 3.05) is 39.4 Å². The van der Waals surface area contributed by atoms with Gasteiger partial charge in [-0.2, -0.15) is 0 Å². The number of ether oxygens (including phenoxy) is 4. The Hall–Kier alpha value is -4.71. The van der Waals surface area contributed by atoms with Crippen LogP contribution in [0.4, 0.5) is 10.1 Å². The van der Waals surface area contributed by atoms with Crippen LogP contribution in [-0.2, 0) is 20.9 Å². The third-order valence-corrected chi connectivity index (χ3v) is 7.12. The fourth-order valence-electron chi connectivity index (χ4n) is 5.07. The van der Waals surface area contributed by atoms with E-state index in [2.05, 4.69) is 15.6 Å².